The summed E-state index contributed by atoms with van der Waals surface area (Å²) >= 11 is 0. The zero-order chi connectivity index (χ0) is 19.0. The van der Waals surface area contributed by atoms with Gasteiger partial charge in [-0.25, -0.2) is 4.98 Å². The molecule has 0 saturated carbocycles. The molecule has 3 aromatic heterocycles. The molecule has 138 valence electrons. The molecule has 0 bridgehead atoms. The van der Waals surface area contributed by atoms with Crippen LogP contribution in [0.5, 0.6) is 0 Å². The van der Waals surface area contributed by atoms with Gasteiger partial charge in [-0.15, -0.1) is 0 Å². The van der Waals surface area contributed by atoms with E-state index in [1.165, 1.54) is 0 Å². The Morgan fingerprint density at radius 2 is 2.00 bits per heavy atom. The Morgan fingerprint density at radius 1 is 1.27 bits per heavy atom. The van der Waals surface area contributed by atoms with E-state index in [4.69, 9.17) is 0 Å². The van der Waals surface area contributed by atoms with Crippen molar-refractivity contribution in [1.29, 1.82) is 0 Å². The molecule has 0 aliphatic rings. The van der Waals surface area contributed by atoms with Gasteiger partial charge in [0.05, 0.1) is 17.8 Å². The van der Waals surface area contributed by atoms with Gasteiger partial charge in [-0.2, -0.15) is 5.10 Å². The lowest BCUT2D eigenvalue weighted by atomic mass is 10.1. The van der Waals surface area contributed by atoms with Crippen molar-refractivity contribution in [2.75, 3.05) is 0 Å². The first kappa shape index (κ1) is 18.2. The van der Waals surface area contributed by atoms with E-state index in [2.05, 4.69) is 23.9 Å². The number of imidazole rings is 1. The van der Waals surface area contributed by atoms with Crippen molar-refractivity contribution in [2.45, 2.75) is 53.6 Å². The van der Waals surface area contributed by atoms with Crippen LogP contribution in [0.3, 0.4) is 0 Å². The molecule has 0 radical (unpaired) electrons. The molecule has 0 unspecified atom stereocenters. The van der Waals surface area contributed by atoms with Crippen molar-refractivity contribution in [3.05, 3.63) is 52.7 Å². The van der Waals surface area contributed by atoms with E-state index in [-0.39, 0.29) is 11.9 Å². The maximum atomic E-state index is 13.1. The van der Waals surface area contributed by atoms with Crippen molar-refractivity contribution >= 4 is 11.6 Å². The summed E-state index contributed by atoms with van der Waals surface area (Å²) in [6.07, 6.45) is 4.10. The van der Waals surface area contributed by atoms with Gasteiger partial charge in [0.25, 0.3) is 0 Å². The van der Waals surface area contributed by atoms with Crippen molar-refractivity contribution in [1.82, 2.24) is 24.1 Å². The van der Waals surface area contributed by atoms with Gasteiger partial charge in [0.1, 0.15) is 5.65 Å². The van der Waals surface area contributed by atoms with Gasteiger partial charge in [0.2, 0.25) is 5.91 Å². The fraction of sp³-hybridized carbons (Fsp3) is 0.450. The van der Waals surface area contributed by atoms with Crippen LogP contribution in [0.1, 0.15) is 42.1 Å². The molecule has 1 amide bonds. The summed E-state index contributed by atoms with van der Waals surface area (Å²) in [4.78, 5) is 19.5. The molecule has 0 aliphatic carbocycles. The largest absolute Gasteiger partial charge is 0.335 e. The summed E-state index contributed by atoms with van der Waals surface area (Å²) in [5.74, 6) is 0.103. The highest BCUT2D eigenvalue weighted by molar-refractivity contribution is 5.79. The van der Waals surface area contributed by atoms with Gasteiger partial charge in [-0.1, -0.05) is 6.07 Å². The van der Waals surface area contributed by atoms with Gasteiger partial charge >= 0.3 is 0 Å². The van der Waals surface area contributed by atoms with Crippen molar-refractivity contribution in [2.24, 2.45) is 7.05 Å². The summed E-state index contributed by atoms with van der Waals surface area (Å²) in [6.45, 7) is 10.8. The molecule has 0 atom stereocenters. The van der Waals surface area contributed by atoms with E-state index in [1.54, 1.807) is 6.20 Å². The van der Waals surface area contributed by atoms with Crippen LogP contribution in [0, 0.1) is 20.8 Å². The smallest absolute Gasteiger partial charge is 0.229 e. The first-order chi connectivity index (χ1) is 12.3. The van der Waals surface area contributed by atoms with Crippen LogP contribution in [0.25, 0.3) is 5.65 Å². The monoisotopic (exact) mass is 353 g/mol. The number of amides is 1. The highest BCUT2D eigenvalue weighted by atomic mass is 16.2. The maximum absolute atomic E-state index is 13.1. The number of rotatable bonds is 5. The molecule has 6 heteroatoms. The summed E-state index contributed by atoms with van der Waals surface area (Å²) < 4.78 is 3.88. The number of nitrogens with zero attached hydrogens (tertiary/aromatic N) is 5. The average molecular weight is 353 g/mol. The Kier molecular flexibility index (Phi) is 4.85. The second-order valence-corrected chi connectivity index (χ2v) is 7.20. The van der Waals surface area contributed by atoms with Crippen LogP contribution in [-0.2, 0) is 24.8 Å². The second kappa shape index (κ2) is 6.94. The topological polar surface area (TPSA) is 55.4 Å². The van der Waals surface area contributed by atoms with E-state index >= 15 is 0 Å². The Labute approximate surface area is 154 Å². The summed E-state index contributed by atoms with van der Waals surface area (Å²) in [5, 5.41) is 4.47. The number of hydrogen-bond acceptors (Lipinski definition) is 3. The van der Waals surface area contributed by atoms with Crippen LogP contribution in [0.4, 0.5) is 0 Å². The number of pyridine rings is 1. The third-order valence-corrected chi connectivity index (χ3v) is 5.07. The molecule has 0 spiro atoms. The number of hydrogen-bond donors (Lipinski definition) is 0. The zero-order valence-corrected chi connectivity index (χ0v) is 16.4. The van der Waals surface area contributed by atoms with Crippen molar-refractivity contribution in [3.63, 3.8) is 0 Å². The number of carbonyl (C=O) groups excluding carboxylic acids is 1. The molecule has 26 heavy (non-hydrogen) atoms. The molecular weight excluding hydrogens is 326 g/mol. The summed E-state index contributed by atoms with van der Waals surface area (Å²) in [5.41, 5.74) is 6.14. The molecule has 3 aromatic rings. The minimum absolute atomic E-state index is 0.103. The molecule has 0 saturated heterocycles. The van der Waals surface area contributed by atoms with E-state index in [0.29, 0.717) is 13.0 Å². The fourth-order valence-corrected chi connectivity index (χ4v) is 3.36. The number of aromatic nitrogens is 4. The zero-order valence-electron chi connectivity index (χ0n) is 16.4. The fourth-order valence-electron chi connectivity index (χ4n) is 3.36. The van der Waals surface area contributed by atoms with Gasteiger partial charge in [0.15, 0.2) is 0 Å². The lowest BCUT2D eigenvalue weighted by Crippen LogP contribution is -2.38. The highest BCUT2D eigenvalue weighted by Gasteiger charge is 2.22. The van der Waals surface area contributed by atoms with Crippen molar-refractivity contribution < 1.29 is 4.79 Å². The number of fused-ring (bicyclic) bond motifs is 1. The van der Waals surface area contributed by atoms with Crippen molar-refractivity contribution in [3.8, 4) is 0 Å². The SMILES string of the molecule is Cc1nn(C)c(C)c1CN(C(=O)Cc1cnc2c(C)cccn12)C(C)C. The lowest BCUT2D eigenvalue weighted by molar-refractivity contribution is -0.132. The minimum atomic E-state index is 0.103. The standard InChI is InChI=1S/C20H27N5O/c1-13(2)25(12-18-15(4)22-23(6)16(18)5)19(26)10-17-11-21-20-14(3)8-7-9-24(17)20/h7-9,11,13H,10,12H2,1-6H3. The van der Waals surface area contributed by atoms with Crippen LogP contribution < -0.4 is 0 Å². The summed E-state index contributed by atoms with van der Waals surface area (Å²) in [6, 6.07) is 4.13. The van der Waals surface area contributed by atoms with Gasteiger partial charge in [-0.05, 0) is 46.2 Å². The normalized spacial score (nSPS) is 11.5. The van der Waals surface area contributed by atoms with E-state index in [9.17, 15) is 4.79 Å². The summed E-state index contributed by atoms with van der Waals surface area (Å²) in [7, 11) is 1.94. The number of aryl methyl sites for hydroxylation is 3. The predicted octanol–water partition coefficient (Wildman–Crippen LogP) is 2.97. The quantitative estimate of drug-likeness (QED) is 0.709. The van der Waals surface area contributed by atoms with Gasteiger partial charge in [0, 0.05) is 43.3 Å². The Bertz CT molecular complexity index is 951. The molecular formula is C20H27N5O. The van der Waals surface area contributed by atoms with Crippen LogP contribution in [0.15, 0.2) is 24.5 Å². The first-order valence-corrected chi connectivity index (χ1v) is 8.99. The highest BCUT2D eigenvalue weighted by Crippen LogP contribution is 2.18. The van der Waals surface area contributed by atoms with Crippen LogP contribution in [0.2, 0.25) is 0 Å². The Hall–Kier alpha value is -2.63. The molecule has 0 fully saturated rings. The molecule has 3 heterocycles. The van der Waals surface area contributed by atoms with E-state index in [1.807, 2.05) is 60.1 Å². The third-order valence-electron chi connectivity index (χ3n) is 5.07. The van der Waals surface area contributed by atoms with Gasteiger partial charge < -0.3 is 9.30 Å². The van der Waals surface area contributed by atoms with E-state index < -0.39 is 0 Å². The molecule has 0 N–H and O–H groups in total. The van der Waals surface area contributed by atoms with E-state index in [0.717, 1.165) is 33.9 Å². The second-order valence-electron chi connectivity index (χ2n) is 7.20. The first-order valence-electron chi connectivity index (χ1n) is 8.99. The molecule has 3 rings (SSSR count). The van der Waals surface area contributed by atoms with Crippen LogP contribution in [-0.4, -0.2) is 36.0 Å². The van der Waals surface area contributed by atoms with Crippen LogP contribution >= 0.6 is 0 Å². The minimum Gasteiger partial charge on any atom is -0.335 e. The third kappa shape index (κ3) is 3.23. The predicted molar refractivity (Wildman–Crippen MR) is 102 cm³/mol. The number of carbonyl (C=O) groups is 1. The average Bonchev–Trinajstić information content (AvgIpc) is 3.08. The lowest BCUT2D eigenvalue weighted by Gasteiger charge is -2.27. The Morgan fingerprint density at radius 3 is 2.62 bits per heavy atom. The Balaban J connectivity index is 1.86. The molecule has 0 aromatic carbocycles. The molecule has 6 nitrogen and oxygen atoms in total. The maximum Gasteiger partial charge on any atom is 0.229 e. The van der Waals surface area contributed by atoms with Gasteiger partial charge in [-0.3, -0.25) is 9.48 Å². The molecule has 0 aliphatic heterocycles.